The van der Waals surface area contributed by atoms with Gasteiger partial charge in [0, 0.05) is 25.1 Å². The average Bonchev–Trinajstić information content (AvgIpc) is 3.09. The molecule has 0 fully saturated rings. The summed E-state index contributed by atoms with van der Waals surface area (Å²) in [7, 11) is -3.58. The van der Waals surface area contributed by atoms with Crippen molar-refractivity contribution in [2.75, 3.05) is 0 Å². The average molecular weight is 315 g/mol. The van der Waals surface area contributed by atoms with Crippen molar-refractivity contribution in [3.05, 3.63) is 66.8 Å². The Morgan fingerprint density at radius 1 is 1.14 bits per heavy atom. The first-order valence-electron chi connectivity index (χ1n) is 6.54. The van der Waals surface area contributed by atoms with Gasteiger partial charge in [0.05, 0.1) is 6.26 Å². The zero-order valence-electron chi connectivity index (χ0n) is 11.5. The summed E-state index contributed by atoms with van der Waals surface area (Å²) in [6.07, 6.45) is 6.01. The summed E-state index contributed by atoms with van der Waals surface area (Å²) in [6, 6.07) is 10.2. The van der Waals surface area contributed by atoms with Crippen molar-refractivity contribution >= 4 is 10.0 Å². The van der Waals surface area contributed by atoms with Crippen molar-refractivity contribution in [2.24, 2.45) is 0 Å². The molecule has 22 heavy (non-hydrogen) atoms. The molecule has 112 valence electrons. The molecule has 3 aromatic heterocycles. The quantitative estimate of drug-likeness (QED) is 0.780. The third-order valence-corrected chi connectivity index (χ3v) is 4.40. The Balaban J connectivity index is 1.76. The third kappa shape index (κ3) is 3.21. The second-order valence-corrected chi connectivity index (χ2v) is 6.31. The van der Waals surface area contributed by atoms with E-state index in [2.05, 4.69) is 14.7 Å². The molecule has 7 heteroatoms. The van der Waals surface area contributed by atoms with E-state index in [4.69, 9.17) is 4.42 Å². The molecule has 0 amide bonds. The lowest BCUT2D eigenvalue weighted by atomic mass is 10.2. The van der Waals surface area contributed by atoms with E-state index < -0.39 is 10.0 Å². The molecular weight excluding hydrogens is 302 g/mol. The SMILES string of the molecule is O=S(=O)(NCc1ccnc(-c2ccco2)c1)c1cccnc1. The minimum absolute atomic E-state index is 0.135. The summed E-state index contributed by atoms with van der Waals surface area (Å²) in [4.78, 5) is 8.15. The molecule has 6 nitrogen and oxygen atoms in total. The van der Waals surface area contributed by atoms with Crippen LogP contribution in [-0.2, 0) is 16.6 Å². The van der Waals surface area contributed by atoms with E-state index in [-0.39, 0.29) is 11.4 Å². The lowest BCUT2D eigenvalue weighted by Crippen LogP contribution is -2.23. The third-order valence-electron chi connectivity index (χ3n) is 3.01. The first kappa shape index (κ1) is 14.4. The largest absolute Gasteiger partial charge is 0.463 e. The summed E-state index contributed by atoms with van der Waals surface area (Å²) < 4.78 is 32.1. The van der Waals surface area contributed by atoms with Crippen LogP contribution in [0.2, 0.25) is 0 Å². The van der Waals surface area contributed by atoms with Gasteiger partial charge >= 0.3 is 0 Å². The number of pyridine rings is 2. The fourth-order valence-corrected chi connectivity index (χ4v) is 2.89. The lowest BCUT2D eigenvalue weighted by Gasteiger charge is -2.07. The summed E-state index contributed by atoms with van der Waals surface area (Å²) in [5.41, 5.74) is 1.44. The maximum absolute atomic E-state index is 12.1. The predicted molar refractivity (Wildman–Crippen MR) is 80.2 cm³/mol. The Morgan fingerprint density at radius 3 is 2.77 bits per heavy atom. The molecule has 0 spiro atoms. The van der Waals surface area contributed by atoms with Crippen LogP contribution in [0.25, 0.3) is 11.5 Å². The Morgan fingerprint density at radius 2 is 2.05 bits per heavy atom. The van der Waals surface area contributed by atoms with E-state index in [0.29, 0.717) is 11.5 Å². The van der Waals surface area contributed by atoms with Crippen LogP contribution in [0.4, 0.5) is 0 Å². The second kappa shape index (κ2) is 6.08. The van der Waals surface area contributed by atoms with E-state index in [1.165, 1.54) is 18.5 Å². The molecule has 0 bridgehead atoms. The van der Waals surface area contributed by atoms with Gasteiger partial charge in [0.15, 0.2) is 5.76 Å². The van der Waals surface area contributed by atoms with Gasteiger partial charge in [-0.05, 0) is 42.0 Å². The van der Waals surface area contributed by atoms with Gasteiger partial charge in [-0.25, -0.2) is 13.1 Å². The number of hydrogen-bond acceptors (Lipinski definition) is 5. The van der Waals surface area contributed by atoms with Crippen molar-refractivity contribution in [3.8, 4) is 11.5 Å². The zero-order valence-corrected chi connectivity index (χ0v) is 12.3. The Hall–Kier alpha value is -2.51. The van der Waals surface area contributed by atoms with Gasteiger partial charge in [0.2, 0.25) is 10.0 Å². The zero-order chi connectivity index (χ0) is 15.4. The topological polar surface area (TPSA) is 85.1 Å². The van der Waals surface area contributed by atoms with Crippen molar-refractivity contribution in [3.63, 3.8) is 0 Å². The molecule has 3 aromatic rings. The number of furan rings is 1. The Labute approximate surface area is 127 Å². The molecular formula is C15H13N3O3S. The van der Waals surface area contributed by atoms with Crippen LogP contribution in [0, 0.1) is 0 Å². The van der Waals surface area contributed by atoms with Gasteiger partial charge in [0.25, 0.3) is 0 Å². The van der Waals surface area contributed by atoms with E-state index in [1.54, 1.807) is 42.8 Å². The Bertz CT molecular complexity index is 847. The minimum atomic E-state index is -3.58. The first-order valence-corrected chi connectivity index (χ1v) is 8.02. The van der Waals surface area contributed by atoms with Crippen molar-refractivity contribution < 1.29 is 12.8 Å². The lowest BCUT2D eigenvalue weighted by molar-refractivity contribution is 0.579. The van der Waals surface area contributed by atoms with Crippen LogP contribution < -0.4 is 4.72 Å². The summed E-state index contributed by atoms with van der Waals surface area (Å²) in [5, 5.41) is 0. The highest BCUT2D eigenvalue weighted by molar-refractivity contribution is 7.89. The molecule has 0 saturated heterocycles. The highest BCUT2D eigenvalue weighted by Crippen LogP contribution is 2.18. The van der Waals surface area contributed by atoms with Crippen LogP contribution >= 0.6 is 0 Å². The van der Waals surface area contributed by atoms with E-state index in [1.807, 2.05) is 0 Å². The van der Waals surface area contributed by atoms with Gasteiger partial charge < -0.3 is 4.42 Å². The smallest absolute Gasteiger partial charge is 0.242 e. The molecule has 3 rings (SSSR count). The molecule has 1 N–H and O–H groups in total. The van der Waals surface area contributed by atoms with Crippen molar-refractivity contribution in [1.29, 1.82) is 0 Å². The predicted octanol–water partition coefficient (Wildman–Crippen LogP) is 2.22. The molecule has 0 aliphatic heterocycles. The molecule has 0 radical (unpaired) electrons. The summed E-state index contributed by atoms with van der Waals surface area (Å²) >= 11 is 0. The summed E-state index contributed by atoms with van der Waals surface area (Å²) in [6.45, 7) is 0.160. The highest BCUT2D eigenvalue weighted by atomic mass is 32.2. The van der Waals surface area contributed by atoms with E-state index >= 15 is 0 Å². The minimum Gasteiger partial charge on any atom is -0.463 e. The van der Waals surface area contributed by atoms with Gasteiger partial charge in [0.1, 0.15) is 10.6 Å². The number of hydrogen-bond donors (Lipinski definition) is 1. The number of aromatic nitrogens is 2. The monoisotopic (exact) mass is 315 g/mol. The fraction of sp³-hybridized carbons (Fsp3) is 0.0667. The maximum atomic E-state index is 12.1. The number of nitrogens with one attached hydrogen (secondary N) is 1. The van der Waals surface area contributed by atoms with Crippen molar-refractivity contribution in [1.82, 2.24) is 14.7 Å². The number of sulfonamides is 1. The van der Waals surface area contributed by atoms with Crippen LogP contribution in [-0.4, -0.2) is 18.4 Å². The number of rotatable bonds is 5. The van der Waals surface area contributed by atoms with Crippen LogP contribution in [0.3, 0.4) is 0 Å². The van der Waals surface area contributed by atoms with Crippen LogP contribution in [0.15, 0.2) is 70.6 Å². The second-order valence-electron chi connectivity index (χ2n) is 4.54. The molecule has 3 heterocycles. The van der Waals surface area contributed by atoms with Gasteiger partial charge in [-0.2, -0.15) is 0 Å². The van der Waals surface area contributed by atoms with E-state index in [9.17, 15) is 8.42 Å². The van der Waals surface area contributed by atoms with Gasteiger partial charge in [-0.15, -0.1) is 0 Å². The normalized spacial score (nSPS) is 11.5. The molecule has 0 saturated carbocycles. The van der Waals surface area contributed by atoms with Gasteiger partial charge in [-0.1, -0.05) is 0 Å². The summed E-state index contributed by atoms with van der Waals surface area (Å²) in [5.74, 6) is 0.636. The van der Waals surface area contributed by atoms with Crippen LogP contribution in [0.5, 0.6) is 0 Å². The highest BCUT2D eigenvalue weighted by Gasteiger charge is 2.13. The van der Waals surface area contributed by atoms with Gasteiger partial charge in [-0.3, -0.25) is 9.97 Å². The molecule has 0 aliphatic rings. The number of nitrogens with zero attached hydrogens (tertiary/aromatic N) is 2. The van der Waals surface area contributed by atoms with Crippen LogP contribution in [0.1, 0.15) is 5.56 Å². The van der Waals surface area contributed by atoms with E-state index in [0.717, 1.165) is 5.56 Å². The first-order chi connectivity index (χ1) is 10.6. The molecule has 0 unspecified atom stereocenters. The molecule has 0 atom stereocenters. The van der Waals surface area contributed by atoms with Crippen molar-refractivity contribution in [2.45, 2.75) is 11.4 Å². The Kier molecular flexibility index (Phi) is 3.99. The molecule has 0 aromatic carbocycles. The standard InChI is InChI=1S/C15H13N3O3S/c19-22(20,13-3-1-6-16-11-13)18-10-12-5-7-17-14(9-12)15-4-2-8-21-15/h1-9,11,18H,10H2. The fourth-order valence-electron chi connectivity index (χ4n) is 1.91. The molecule has 0 aliphatic carbocycles. The maximum Gasteiger partial charge on any atom is 0.242 e.